The molecule has 4 heteroatoms. The second-order valence-electron chi connectivity index (χ2n) is 4.38. The predicted molar refractivity (Wildman–Crippen MR) is 64.9 cm³/mol. The fourth-order valence-corrected chi connectivity index (χ4v) is 1.84. The normalized spacial score (nSPS) is 15.4. The summed E-state index contributed by atoms with van der Waals surface area (Å²) in [5.74, 6) is 4.91. The largest absolute Gasteiger partial charge is 0.374 e. The fourth-order valence-electron chi connectivity index (χ4n) is 1.84. The quantitative estimate of drug-likeness (QED) is 0.458. The van der Waals surface area contributed by atoms with Gasteiger partial charge in [0.05, 0.1) is 19.1 Å². The second-order valence-corrected chi connectivity index (χ2v) is 4.38. The van der Waals surface area contributed by atoms with E-state index in [1.54, 1.807) is 0 Å². The van der Waals surface area contributed by atoms with Crippen LogP contribution < -0.4 is 11.3 Å². The lowest BCUT2D eigenvalue weighted by atomic mass is 9.96. The monoisotopic (exact) mass is 234 g/mol. The fraction of sp³-hybridized carbons (Fsp3) is 0.462. The molecule has 0 heterocycles. The van der Waals surface area contributed by atoms with Crippen LogP contribution in [0.25, 0.3) is 0 Å². The minimum atomic E-state index is -0.180. The average Bonchev–Trinajstić information content (AvgIpc) is 2.29. The van der Waals surface area contributed by atoms with Crippen molar-refractivity contribution in [2.24, 2.45) is 5.84 Å². The van der Waals surface area contributed by atoms with Crippen molar-refractivity contribution in [3.05, 3.63) is 35.4 Å². The van der Waals surface area contributed by atoms with Gasteiger partial charge >= 0.3 is 0 Å². The number of rotatable bonds is 5. The Morgan fingerprint density at radius 1 is 1.35 bits per heavy atom. The van der Waals surface area contributed by atoms with E-state index >= 15 is 0 Å². The van der Waals surface area contributed by atoms with Crippen molar-refractivity contribution < 1.29 is 9.53 Å². The number of nitrogens with one attached hydrogen (secondary N) is 1. The molecule has 1 aromatic rings. The number of benzene rings is 1. The van der Waals surface area contributed by atoms with Gasteiger partial charge in [-0.05, 0) is 30.4 Å². The Kier molecular flexibility index (Phi) is 4.12. The molecule has 0 atom stereocenters. The number of carbonyl (C=O) groups excluding carboxylic acids is 1. The van der Waals surface area contributed by atoms with Gasteiger partial charge < -0.3 is 4.74 Å². The van der Waals surface area contributed by atoms with E-state index in [4.69, 9.17) is 10.6 Å². The van der Waals surface area contributed by atoms with Crippen LogP contribution in [-0.4, -0.2) is 12.0 Å². The van der Waals surface area contributed by atoms with Gasteiger partial charge in [-0.15, -0.1) is 0 Å². The number of hydrazine groups is 1. The van der Waals surface area contributed by atoms with Crippen LogP contribution in [0.15, 0.2) is 24.3 Å². The second kappa shape index (κ2) is 5.80. The highest BCUT2D eigenvalue weighted by Gasteiger charge is 2.18. The van der Waals surface area contributed by atoms with Crippen LogP contribution in [0.1, 0.15) is 30.4 Å². The van der Waals surface area contributed by atoms with Crippen molar-refractivity contribution >= 4 is 5.91 Å². The maximum atomic E-state index is 11.3. The van der Waals surface area contributed by atoms with Crippen molar-refractivity contribution in [3.8, 4) is 0 Å². The van der Waals surface area contributed by atoms with Gasteiger partial charge in [0.25, 0.3) is 0 Å². The Hall–Kier alpha value is -1.39. The molecule has 0 bridgehead atoms. The Bertz CT molecular complexity index is 389. The molecule has 3 N–H and O–H groups in total. The first-order valence-corrected chi connectivity index (χ1v) is 5.97. The number of hydrogen-bond donors (Lipinski definition) is 2. The zero-order valence-corrected chi connectivity index (χ0v) is 9.82. The average molecular weight is 234 g/mol. The van der Waals surface area contributed by atoms with E-state index in [0.29, 0.717) is 19.1 Å². The summed E-state index contributed by atoms with van der Waals surface area (Å²) in [4.78, 5) is 11.3. The van der Waals surface area contributed by atoms with Gasteiger partial charge in [-0.2, -0.15) is 0 Å². The van der Waals surface area contributed by atoms with Crippen LogP contribution in [-0.2, 0) is 22.6 Å². The molecule has 0 aromatic heterocycles. The molecule has 0 aliphatic heterocycles. The molecule has 0 spiro atoms. The lowest BCUT2D eigenvalue weighted by Gasteiger charge is -2.26. The molecule has 1 aliphatic carbocycles. The minimum absolute atomic E-state index is 0.180. The Morgan fingerprint density at radius 3 is 2.65 bits per heavy atom. The topological polar surface area (TPSA) is 64.3 Å². The summed E-state index contributed by atoms with van der Waals surface area (Å²) in [5.41, 5.74) is 4.20. The van der Waals surface area contributed by atoms with E-state index in [2.05, 4.69) is 5.43 Å². The molecular formula is C13H18N2O2. The minimum Gasteiger partial charge on any atom is -0.374 e. The van der Waals surface area contributed by atoms with E-state index < -0.39 is 0 Å². The van der Waals surface area contributed by atoms with Gasteiger partial charge in [-0.25, -0.2) is 5.84 Å². The molecule has 17 heavy (non-hydrogen) atoms. The highest BCUT2D eigenvalue weighted by molar-refractivity contribution is 5.78. The molecule has 2 rings (SSSR count). The summed E-state index contributed by atoms with van der Waals surface area (Å²) in [6, 6.07) is 7.82. The van der Waals surface area contributed by atoms with Crippen LogP contribution in [0.4, 0.5) is 0 Å². The molecule has 1 aromatic carbocycles. The van der Waals surface area contributed by atoms with Crippen molar-refractivity contribution in [2.75, 3.05) is 0 Å². The zero-order chi connectivity index (χ0) is 12.1. The van der Waals surface area contributed by atoms with Crippen molar-refractivity contribution in [3.63, 3.8) is 0 Å². The maximum Gasteiger partial charge on any atom is 0.238 e. The summed E-state index contributed by atoms with van der Waals surface area (Å²) in [6.45, 7) is 0.582. The zero-order valence-electron chi connectivity index (χ0n) is 9.82. The van der Waals surface area contributed by atoms with Crippen LogP contribution in [0.5, 0.6) is 0 Å². The molecule has 1 aliphatic rings. The van der Waals surface area contributed by atoms with Gasteiger partial charge in [0.1, 0.15) is 0 Å². The summed E-state index contributed by atoms with van der Waals surface area (Å²) in [7, 11) is 0. The summed E-state index contributed by atoms with van der Waals surface area (Å²) in [5, 5.41) is 0. The molecule has 0 unspecified atom stereocenters. The van der Waals surface area contributed by atoms with E-state index in [9.17, 15) is 4.79 Å². The van der Waals surface area contributed by atoms with Crippen LogP contribution in [0, 0.1) is 0 Å². The van der Waals surface area contributed by atoms with E-state index in [0.717, 1.165) is 24.0 Å². The lowest BCUT2D eigenvalue weighted by molar-refractivity contribution is -0.120. The van der Waals surface area contributed by atoms with E-state index in [-0.39, 0.29) is 5.91 Å². The highest BCUT2D eigenvalue weighted by atomic mass is 16.5. The van der Waals surface area contributed by atoms with Crippen LogP contribution in [0.3, 0.4) is 0 Å². The Morgan fingerprint density at radius 2 is 2.06 bits per heavy atom. The third kappa shape index (κ3) is 3.28. The maximum absolute atomic E-state index is 11.3. The van der Waals surface area contributed by atoms with E-state index in [1.165, 1.54) is 6.42 Å². The number of ether oxygens (including phenoxy) is 1. The number of hydrogen-bond acceptors (Lipinski definition) is 3. The molecule has 1 amide bonds. The van der Waals surface area contributed by atoms with Gasteiger partial charge in [0, 0.05) is 0 Å². The third-order valence-electron chi connectivity index (χ3n) is 3.16. The molecular weight excluding hydrogens is 216 g/mol. The summed E-state index contributed by atoms with van der Waals surface area (Å²) < 4.78 is 5.76. The smallest absolute Gasteiger partial charge is 0.238 e. The van der Waals surface area contributed by atoms with Gasteiger partial charge in [-0.3, -0.25) is 10.2 Å². The molecule has 1 saturated carbocycles. The van der Waals surface area contributed by atoms with Crippen molar-refractivity contribution in [2.45, 2.75) is 38.4 Å². The Labute approximate surface area is 101 Å². The van der Waals surface area contributed by atoms with Crippen LogP contribution >= 0.6 is 0 Å². The third-order valence-corrected chi connectivity index (χ3v) is 3.16. The van der Waals surface area contributed by atoms with Crippen LogP contribution in [0.2, 0.25) is 0 Å². The van der Waals surface area contributed by atoms with Gasteiger partial charge in [0.2, 0.25) is 5.91 Å². The summed E-state index contributed by atoms with van der Waals surface area (Å²) >= 11 is 0. The lowest BCUT2D eigenvalue weighted by Crippen LogP contribution is -2.31. The molecule has 0 saturated heterocycles. The predicted octanol–water partition coefficient (Wildman–Crippen LogP) is 1.29. The highest BCUT2D eigenvalue weighted by Crippen LogP contribution is 2.23. The van der Waals surface area contributed by atoms with Crippen molar-refractivity contribution in [1.82, 2.24) is 5.43 Å². The first kappa shape index (κ1) is 12.1. The van der Waals surface area contributed by atoms with E-state index in [1.807, 2.05) is 24.3 Å². The first-order valence-electron chi connectivity index (χ1n) is 5.97. The Balaban J connectivity index is 1.96. The van der Waals surface area contributed by atoms with Gasteiger partial charge in [0.15, 0.2) is 0 Å². The van der Waals surface area contributed by atoms with Crippen molar-refractivity contribution in [1.29, 1.82) is 0 Å². The molecule has 92 valence electrons. The number of nitrogens with two attached hydrogens (primary N) is 1. The standard InChI is InChI=1S/C13H18N2O2/c14-15-13(16)8-10-4-1-2-5-11(10)9-17-12-6-3-7-12/h1-2,4-5,12H,3,6-9,14H2,(H,15,16). The number of amides is 1. The first-order chi connectivity index (χ1) is 8.29. The van der Waals surface area contributed by atoms with Gasteiger partial charge in [-0.1, -0.05) is 24.3 Å². The molecule has 4 nitrogen and oxygen atoms in total. The SMILES string of the molecule is NNC(=O)Cc1ccccc1COC1CCC1. The molecule has 1 fully saturated rings. The number of carbonyl (C=O) groups is 1. The summed E-state index contributed by atoms with van der Waals surface area (Å²) in [6.07, 6.45) is 4.30. The molecule has 0 radical (unpaired) electrons.